The molecule has 2 aromatic carbocycles. The molecule has 2 aromatic rings. The van der Waals surface area contributed by atoms with E-state index in [2.05, 4.69) is 3.79 Å². The maximum atomic E-state index is 11.7. The van der Waals surface area contributed by atoms with Crippen molar-refractivity contribution in [3.05, 3.63) is 59.7 Å². The number of aromatic carboxylic acids is 1. The van der Waals surface area contributed by atoms with Crippen molar-refractivity contribution < 1.29 is 18.5 Å². The number of benzene rings is 2. The molecule has 0 fully saturated rings. The highest BCUT2D eigenvalue weighted by atomic mass is 33.1. The number of hydrogen-bond acceptors (Lipinski definition) is 5. The maximum absolute atomic E-state index is 11.7. The van der Waals surface area contributed by atoms with Gasteiger partial charge in [0, 0.05) is 9.79 Å². The van der Waals surface area contributed by atoms with E-state index < -0.39 is 11.9 Å². The molecule has 21 heavy (non-hydrogen) atoms. The second-order valence-corrected chi connectivity index (χ2v) is 6.32. The van der Waals surface area contributed by atoms with Gasteiger partial charge >= 0.3 is 28.6 Å². The van der Waals surface area contributed by atoms with E-state index in [1.807, 2.05) is 22.7 Å². The molecule has 4 nitrogen and oxygen atoms in total. The first-order valence-electron chi connectivity index (χ1n) is 5.80. The third kappa shape index (κ3) is 4.05. The van der Waals surface area contributed by atoms with E-state index >= 15 is 0 Å². The molecule has 0 bridgehead atoms. The predicted octanol–water partition coefficient (Wildman–Crippen LogP) is 3.42. The van der Waals surface area contributed by atoms with Gasteiger partial charge in [0.15, 0.2) is 0 Å². The minimum atomic E-state index is -0.976. The Hall–Kier alpha value is -1.39. The molecule has 0 saturated heterocycles. The quantitative estimate of drug-likeness (QED) is 0.668. The molecule has 0 atom stereocenters. The second kappa shape index (κ2) is 7.57. The molecule has 0 unspecified atom stereocenters. The van der Waals surface area contributed by atoms with Crippen LogP contribution >= 0.6 is 21.6 Å². The topological polar surface area (TPSA) is 63.6 Å². The van der Waals surface area contributed by atoms with Crippen LogP contribution < -0.4 is 0 Å². The average Bonchev–Trinajstić information content (AvgIpc) is 2.52. The van der Waals surface area contributed by atoms with Crippen LogP contribution in [-0.2, 0) is 3.79 Å². The Morgan fingerprint density at radius 3 is 1.90 bits per heavy atom. The number of carboxylic acid groups (broad SMARTS) is 1. The molecule has 0 amide bonds. The maximum Gasteiger partial charge on any atom is 0.485 e. The Morgan fingerprint density at radius 2 is 1.38 bits per heavy atom. The normalized spacial score (nSPS) is 10.1. The van der Waals surface area contributed by atoms with Gasteiger partial charge in [0.2, 0.25) is 0 Å². The summed E-state index contributed by atoms with van der Waals surface area (Å²) in [6, 6.07) is 13.8. The Morgan fingerprint density at radius 1 is 0.905 bits per heavy atom. The van der Waals surface area contributed by atoms with Crippen molar-refractivity contribution in [2.24, 2.45) is 0 Å². The van der Waals surface area contributed by atoms with Gasteiger partial charge in [0.25, 0.3) is 0 Å². The largest absolute Gasteiger partial charge is 0.625 e. The molecule has 0 spiro atoms. The zero-order valence-corrected chi connectivity index (χ0v) is 13.5. The highest BCUT2D eigenvalue weighted by Crippen LogP contribution is 2.40. The number of rotatable bonds is 5. The molecule has 0 saturated carbocycles. The van der Waals surface area contributed by atoms with Crippen molar-refractivity contribution in [2.45, 2.75) is 9.79 Å². The van der Waals surface area contributed by atoms with Gasteiger partial charge in [-0.3, -0.25) is 0 Å². The third-order valence-corrected chi connectivity index (χ3v) is 5.25. The lowest BCUT2D eigenvalue weighted by molar-refractivity contribution is 0.0691. The Labute approximate surface area is 138 Å². The molecule has 0 aromatic heterocycles. The van der Waals surface area contributed by atoms with E-state index in [4.69, 9.17) is 5.11 Å². The minimum absolute atomic E-state index is 0.237. The highest BCUT2D eigenvalue weighted by molar-refractivity contribution is 8.76. The van der Waals surface area contributed by atoms with Crippen LogP contribution in [0.2, 0.25) is 0 Å². The number of hydrogen-bond donors (Lipinski definition) is 1. The molecule has 0 aliphatic rings. The van der Waals surface area contributed by atoms with Crippen molar-refractivity contribution >= 4 is 50.2 Å². The summed E-state index contributed by atoms with van der Waals surface area (Å²) in [5, 5.41) is 9.14. The van der Waals surface area contributed by atoms with Crippen molar-refractivity contribution in [1.82, 2.24) is 0 Å². The standard InChI is InChI=1S/C14H10O4S2.Al/c15-13(16)9-5-1-3-7-11(9)19-20-12-8-4-2-6-10(12)14(17)18;/h1-8H,(H,15,16)(H,17,18);/q;+1/p-1. The lowest BCUT2D eigenvalue weighted by Gasteiger charge is -2.09. The Balaban J connectivity index is 2.21. The van der Waals surface area contributed by atoms with E-state index in [1.54, 1.807) is 42.5 Å². The first kappa shape index (κ1) is 16.0. The first-order chi connectivity index (χ1) is 10.1. The predicted molar refractivity (Wildman–Crippen MR) is 82.7 cm³/mol. The van der Waals surface area contributed by atoms with Gasteiger partial charge in [-0.25, -0.2) is 9.59 Å². The summed E-state index contributed by atoms with van der Waals surface area (Å²) in [6.07, 6.45) is 0. The van der Waals surface area contributed by atoms with E-state index in [9.17, 15) is 9.59 Å². The van der Waals surface area contributed by atoms with E-state index in [0.717, 1.165) is 4.90 Å². The van der Waals surface area contributed by atoms with Gasteiger partial charge in [-0.2, -0.15) is 0 Å². The number of carbonyl (C=O) groups is 2. The van der Waals surface area contributed by atoms with Crippen LogP contribution in [0, 0.1) is 0 Å². The molecule has 0 heterocycles. The average molecular weight is 332 g/mol. The van der Waals surface area contributed by atoms with Crippen LogP contribution in [-0.4, -0.2) is 33.7 Å². The Kier molecular flexibility index (Phi) is 5.77. The zero-order chi connectivity index (χ0) is 15.2. The lowest BCUT2D eigenvalue weighted by Crippen LogP contribution is -2.03. The van der Waals surface area contributed by atoms with E-state index in [1.165, 1.54) is 21.6 Å². The van der Waals surface area contributed by atoms with Crippen LogP contribution in [0.1, 0.15) is 20.7 Å². The minimum Gasteiger partial charge on any atom is -0.625 e. The molecule has 104 valence electrons. The van der Waals surface area contributed by atoms with Gasteiger partial charge in [-0.15, -0.1) is 0 Å². The third-order valence-electron chi connectivity index (χ3n) is 2.55. The first-order valence-corrected chi connectivity index (χ1v) is 8.42. The van der Waals surface area contributed by atoms with Crippen molar-refractivity contribution in [1.29, 1.82) is 0 Å². The summed E-state index contributed by atoms with van der Waals surface area (Å²) in [6.45, 7) is 0. The lowest BCUT2D eigenvalue weighted by atomic mass is 10.2. The van der Waals surface area contributed by atoms with Crippen LogP contribution in [0.25, 0.3) is 0 Å². The zero-order valence-electron chi connectivity index (χ0n) is 10.7. The van der Waals surface area contributed by atoms with Gasteiger partial charge < -0.3 is 8.90 Å². The molecule has 2 rings (SSSR count). The number of carbonyl (C=O) groups excluding carboxylic acids is 1. The van der Waals surface area contributed by atoms with Crippen LogP contribution in [0.5, 0.6) is 0 Å². The smallest absolute Gasteiger partial charge is 0.485 e. The van der Waals surface area contributed by atoms with Gasteiger partial charge in [-0.05, 0) is 24.3 Å². The fourth-order valence-electron chi connectivity index (χ4n) is 1.58. The molecule has 1 N–H and O–H groups in total. The monoisotopic (exact) mass is 332 g/mol. The van der Waals surface area contributed by atoms with Crippen LogP contribution in [0.15, 0.2) is 58.3 Å². The molecule has 7 heteroatoms. The van der Waals surface area contributed by atoms with Crippen LogP contribution in [0.4, 0.5) is 0 Å². The highest BCUT2D eigenvalue weighted by Gasteiger charge is 2.14. The SMILES string of the molecule is O=C(O)c1ccccc1SSc1ccccc1C(=O)[O][Al]. The van der Waals surface area contributed by atoms with Crippen molar-refractivity contribution in [3.63, 3.8) is 0 Å². The summed E-state index contributed by atoms with van der Waals surface area (Å²) in [7, 11) is 2.61. The summed E-state index contributed by atoms with van der Waals surface area (Å²) in [5.74, 6) is -1.42. The second-order valence-electron chi connectivity index (χ2n) is 3.87. The fourth-order valence-corrected chi connectivity index (χ4v) is 4.05. The molecule has 2 radical (unpaired) electrons. The van der Waals surface area contributed by atoms with Crippen molar-refractivity contribution in [3.8, 4) is 0 Å². The van der Waals surface area contributed by atoms with Gasteiger partial charge in [-0.1, -0.05) is 45.9 Å². The van der Waals surface area contributed by atoms with Gasteiger partial charge in [0.05, 0.1) is 11.1 Å². The van der Waals surface area contributed by atoms with E-state index in [-0.39, 0.29) is 5.56 Å². The molecule has 0 aliphatic carbocycles. The molecular weight excluding hydrogens is 323 g/mol. The summed E-state index contributed by atoms with van der Waals surface area (Å²) >= 11 is 1.93. The molecular formula is C14H9AlO4S2. The van der Waals surface area contributed by atoms with Crippen LogP contribution in [0.3, 0.4) is 0 Å². The fraction of sp³-hybridized carbons (Fsp3) is 0. The molecule has 0 aliphatic heterocycles. The summed E-state index contributed by atoms with van der Waals surface area (Å²) in [5.41, 5.74) is 0.680. The van der Waals surface area contributed by atoms with E-state index in [0.29, 0.717) is 10.5 Å². The Bertz CT molecular complexity index is 676. The number of carboxylic acids is 1. The summed E-state index contributed by atoms with van der Waals surface area (Å²) in [4.78, 5) is 24.2. The summed E-state index contributed by atoms with van der Waals surface area (Å²) < 4.78 is 4.65. The van der Waals surface area contributed by atoms with Crippen molar-refractivity contribution in [2.75, 3.05) is 0 Å². The van der Waals surface area contributed by atoms with Gasteiger partial charge in [0.1, 0.15) is 0 Å².